The molecule has 0 unspecified atom stereocenters. The topological polar surface area (TPSA) is 66.6 Å². The van der Waals surface area contributed by atoms with Crippen LogP contribution in [0, 0.1) is 10.1 Å². The molecule has 1 atom stereocenters. The van der Waals surface area contributed by atoms with Crippen LogP contribution in [0.15, 0.2) is 18.2 Å². The average molecular weight is 304 g/mol. The summed E-state index contributed by atoms with van der Waals surface area (Å²) in [7, 11) is 0. The minimum absolute atomic E-state index is 0.0162. The molecule has 0 saturated heterocycles. The van der Waals surface area contributed by atoms with Gasteiger partial charge in [0, 0.05) is 31.8 Å². The van der Waals surface area contributed by atoms with Crippen LogP contribution >= 0.6 is 0 Å². The molecule has 0 fully saturated rings. The van der Waals surface area contributed by atoms with E-state index in [4.69, 9.17) is 5.11 Å². The van der Waals surface area contributed by atoms with Crippen molar-refractivity contribution < 1.29 is 23.2 Å². The van der Waals surface area contributed by atoms with Gasteiger partial charge >= 0.3 is 6.18 Å². The molecule has 0 bridgehead atoms. The third-order valence-electron chi connectivity index (χ3n) is 3.60. The lowest BCUT2D eigenvalue weighted by Gasteiger charge is -2.24. The molecule has 1 aliphatic rings. The fraction of sp³-hybridized carbons (Fsp3) is 0.538. The molecule has 21 heavy (non-hydrogen) atoms. The number of rotatable bonds is 3. The van der Waals surface area contributed by atoms with Crippen LogP contribution in [-0.2, 0) is 12.8 Å². The first-order chi connectivity index (χ1) is 9.77. The zero-order chi connectivity index (χ0) is 15.6. The van der Waals surface area contributed by atoms with Crippen molar-refractivity contribution in [3.63, 3.8) is 0 Å². The van der Waals surface area contributed by atoms with Crippen molar-refractivity contribution in [3.05, 3.63) is 39.4 Å². The summed E-state index contributed by atoms with van der Waals surface area (Å²) < 4.78 is 37.1. The second-order valence-corrected chi connectivity index (χ2v) is 5.07. The molecule has 0 amide bonds. The average Bonchev–Trinajstić information content (AvgIpc) is 2.59. The molecule has 1 heterocycles. The van der Waals surface area contributed by atoms with Crippen molar-refractivity contribution in [1.82, 2.24) is 4.90 Å². The number of halogens is 3. The summed E-state index contributed by atoms with van der Waals surface area (Å²) in [5.74, 6) is 0. The Balaban J connectivity index is 2.05. The van der Waals surface area contributed by atoms with E-state index < -0.39 is 23.7 Å². The summed E-state index contributed by atoms with van der Waals surface area (Å²) in [5.41, 5.74) is 1.68. The molecule has 2 rings (SSSR count). The zero-order valence-corrected chi connectivity index (χ0v) is 11.1. The Bertz CT molecular complexity index is 534. The van der Waals surface area contributed by atoms with Gasteiger partial charge in [-0.2, -0.15) is 13.2 Å². The molecule has 0 aliphatic carbocycles. The molecular formula is C13H15F3N2O3. The molecule has 0 spiro atoms. The Hall–Kier alpha value is -1.67. The van der Waals surface area contributed by atoms with E-state index in [1.165, 1.54) is 17.0 Å². The highest BCUT2D eigenvalue weighted by Crippen LogP contribution is 2.24. The Morgan fingerprint density at radius 2 is 1.90 bits per heavy atom. The van der Waals surface area contributed by atoms with Gasteiger partial charge < -0.3 is 5.11 Å². The highest BCUT2D eigenvalue weighted by Gasteiger charge is 2.39. The normalized spacial score (nSPS) is 17.9. The van der Waals surface area contributed by atoms with Crippen LogP contribution in [0.1, 0.15) is 11.1 Å². The molecule has 1 aromatic carbocycles. The van der Waals surface area contributed by atoms with E-state index in [1.54, 1.807) is 6.07 Å². The van der Waals surface area contributed by atoms with E-state index in [9.17, 15) is 23.3 Å². The number of hydrogen-bond donors (Lipinski definition) is 1. The highest BCUT2D eigenvalue weighted by atomic mass is 19.4. The van der Waals surface area contributed by atoms with Crippen molar-refractivity contribution >= 4 is 5.69 Å². The molecule has 116 valence electrons. The Labute approximate surface area is 119 Å². The van der Waals surface area contributed by atoms with Gasteiger partial charge in [0.15, 0.2) is 6.10 Å². The molecule has 0 aromatic heterocycles. The van der Waals surface area contributed by atoms with Gasteiger partial charge in [-0.15, -0.1) is 0 Å². The highest BCUT2D eigenvalue weighted by molar-refractivity contribution is 5.40. The maximum absolute atomic E-state index is 12.4. The first-order valence-corrected chi connectivity index (χ1v) is 6.50. The largest absolute Gasteiger partial charge is 0.415 e. The number of nitro benzene ring substituents is 1. The predicted octanol–water partition coefficient (Wildman–Crippen LogP) is 1.92. The summed E-state index contributed by atoms with van der Waals surface area (Å²) >= 11 is 0. The fourth-order valence-corrected chi connectivity index (χ4v) is 2.40. The van der Waals surface area contributed by atoms with E-state index in [0.29, 0.717) is 25.9 Å². The fourth-order valence-electron chi connectivity index (χ4n) is 2.40. The second-order valence-electron chi connectivity index (χ2n) is 5.07. The van der Waals surface area contributed by atoms with Crippen molar-refractivity contribution in [2.75, 3.05) is 19.6 Å². The van der Waals surface area contributed by atoms with E-state index in [1.807, 2.05) is 0 Å². The molecule has 1 aromatic rings. The number of nitro groups is 1. The number of non-ortho nitro benzene ring substituents is 1. The number of fused-ring (bicyclic) bond motifs is 1. The standard InChI is InChI=1S/C13H15F3N2O3/c14-13(15,16)12(19)8-17-5-3-9-1-2-11(18(20)21)7-10(9)4-6-17/h1-2,7,12,19H,3-6,8H2/t12-/m0/s1. The third-order valence-corrected chi connectivity index (χ3v) is 3.60. The number of benzene rings is 1. The van der Waals surface area contributed by atoms with Crippen LogP contribution < -0.4 is 0 Å². The lowest BCUT2D eigenvalue weighted by Crippen LogP contribution is -2.41. The Morgan fingerprint density at radius 1 is 1.29 bits per heavy atom. The number of β-amino-alcohol motifs (C(OH)–C–C–N with tert-alkyl or cyclic N) is 1. The van der Waals surface area contributed by atoms with Crippen LogP contribution in [0.2, 0.25) is 0 Å². The summed E-state index contributed by atoms with van der Waals surface area (Å²) in [5, 5.41) is 19.8. The number of aliphatic hydroxyl groups is 1. The van der Waals surface area contributed by atoms with Gasteiger partial charge in [-0.05, 0) is 24.0 Å². The first-order valence-electron chi connectivity index (χ1n) is 6.50. The maximum atomic E-state index is 12.4. The molecule has 0 radical (unpaired) electrons. The van der Waals surface area contributed by atoms with Gasteiger partial charge in [-0.3, -0.25) is 15.0 Å². The van der Waals surface area contributed by atoms with Crippen molar-refractivity contribution in [3.8, 4) is 0 Å². The van der Waals surface area contributed by atoms with Crippen LogP contribution in [0.3, 0.4) is 0 Å². The molecule has 0 saturated carbocycles. The molecule has 1 aliphatic heterocycles. The van der Waals surface area contributed by atoms with Gasteiger partial charge in [0.1, 0.15) is 0 Å². The molecule has 1 N–H and O–H groups in total. The third kappa shape index (κ3) is 3.92. The minimum atomic E-state index is -4.63. The van der Waals surface area contributed by atoms with Crippen LogP contribution in [0.5, 0.6) is 0 Å². The van der Waals surface area contributed by atoms with Crippen molar-refractivity contribution in [2.45, 2.75) is 25.1 Å². The molecular weight excluding hydrogens is 289 g/mol. The number of alkyl halides is 3. The van der Waals surface area contributed by atoms with Crippen LogP contribution in [0.25, 0.3) is 0 Å². The lowest BCUT2D eigenvalue weighted by atomic mass is 10.0. The van der Waals surface area contributed by atoms with Gasteiger partial charge in [0.05, 0.1) is 4.92 Å². The summed E-state index contributed by atoms with van der Waals surface area (Å²) in [6.07, 6.45) is -6.05. The quantitative estimate of drug-likeness (QED) is 0.684. The van der Waals surface area contributed by atoms with Crippen molar-refractivity contribution in [1.29, 1.82) is 0 Å². The van der Waals surface area contributed by atoms with E-state index in [0.717, 1.165) is 11.1 Å². The van der Waals surface area contributed by atoms with Gasteiger partial charge in [0.25, 0.3) is 5.69 Å². The zero-order valence-electron chi connectivity index (χ0n) is 11.1. The SMILES string of the molecule is O=[N+]([O-])c1ccc2c(c1)CCN(C[C@H](O)C(F)(F)F)CC2. The van der Waals surface area contributed by atoms with E-state index in [-0.39, 0.29) is 5.69 Å². The summed E-state index contributed by atoms with van der Waals surface area (Å²) in [6, 6.07) is 4.52. The molecule has 8 heteroatoms. The van der Waals surface area contributed by atoms with E-state index >= 15 is 0 Å². The van der Waals surface area contributed by atoms with Gasteiger partial charge in [0.2, 0.25) is 0 Å². The molecule has 5 nitrogen and oxygen atoms in total. The van der Waals surface area contributed by atoms with Gasteiger partial charge in [-0.1, -0.05) is 6.07 Å². The van der Waals surface area contributed by atoms with Gasteiger partial charge in [-0.25, -0.2) is 0 Å². The maximum Gasteiger partial charge on any atom is 0.415 e. The first kappa shape index (κ1) is 15.7. The predicted molar refractivity (Wildman–Crippen MR) is 69.0 cm³/mol. The van der Waals surface area contributed by atoms with Crippen LogP contribution in [0.4, 0.5) is 18.9 Å². The smallest absolute Gasteiger partial charge is 0.382 e. The van der Waals surface area contributed by atoms with Crippen LogP contribution in [-0.4, -0.2) is 46.8 Å². The second kappa shape index (κ2) is 5.98. The summed E-state index contributed by atoms with van der Waals surface area (Å²) in [6.45, 7) is 0.249. The lowest BCUT2D eigenvalue weighted by molar-refractivity contribution is -0.384. The number of aliphatic hydroxyl groups excluding tert-OH is 1. The number of nitrogens with zero attached hydrogens (tertiary/aromatic N) is 2. The Kier molecular flexibility index (Phi) is 4.48. The number of hydrogen-bond acceptors (Lipinski definition) is 4. The van der Waals surface area contributed by atoms with E-state index in [2.05, 4.69) is 0 Å². The Morgan fingerprint density at radius 3 is 2.48 bits per heavy atom. The minimum Gasteiger partial charge on any atom is -0.382 e. The van der Waals surface area contributed by atoms with Crippen molar-refractivity contribution in [2.24, 2.45) is 0 Å². The summed E-state index contributed by atoms with van der Waals surface area (Å²) in [4.78, 5) is 11.8. The monoisotopic (exact) mass is 304 g/mol.